The van der Waals surface area contributed by atoms with Crippen molar-refractivity contribution in [3.63, 3.8) is 0 Å². The van der Waals surface area contributed by atoms with E-state index in [-0.39, 0.29) is 5.91 Å². The van der Waals surface area contributed by atoms with Gasteiger partial charge in [0.25, 0.3) is 0 Å². The normalized spacial score (nSPS) is 10.4. The third-order valence-electron chi connectivity index (χ3n) is 3.17. The van der Waals surface area contributed by atoms with Gasteiger partial charge in [0.05, 0.1) is 17.6 Å². The van der Waals surface area contributed by atoms with Gasteiger partial charge >= 0.3 is 0 Å². The molecule has 0 aliphatic rings. The average molecular weight is 301 g/mol. The van der Waals surface area contributed by atoms with E-state index in [9.17, 15) is 4.79 Å². The first-order chi connectivity index (χ1) is 10.1. The van der Waals surface area contributed by atoms with Crippen LogP contribution in [0.25, 0.3) is 0 Å². The minimum Gasteiger partial charge on any atom is -0.397 e. The van der Waals surface area contributed by atoms with Gasteiger partial charge in [0, 0.05) is 16.8 Å². The van der Waals surface area contributed by atoms with E-state index < -0.39 is 0 Å². The summed E-state index contributed by atoms with van der Waals surface area (Å²) in [4.78, 5) is 16.9. The SMILES string of the molecule is CCc1cccc(C)c1NC(=O)CSc1ccncc1N. The Bertz CT molecular complexity index is 643. The lowest BCUT2D eigenvalue weighted by Crippen LogP contribution is -2.16. The van der Waals surface area contributed by atoms with Crippen LogP contribution in [0, 0.1) is 6.92 Å². The number of hydrogen-bond donors (Lipinski definition) is 2. The summed E-state index contributed by atoms with van der Waals surface area (Å²) >= 11 is 1.42. The summed E-state index contributed by atoms with van der Waals surface area (Å²) in [5, 5.41) is 3.00. The summed E-state index contributed by atoms with van der Waals surface area (Å²) in [5.74, 6) is 0.298. The molecule has 0 aliphatic heterocycles. The predicted molar refractivity (Wildman–Crippen MR) is 88.6 cm³/mol. The van der Waals surface area contributed by atoms with E-state index in [2.05, 4.69) is 17.2 Å². The summed E-state index contributed by atoms with van der Waals surface area (Å²) in [7, 11) is 0. The Hall–Kier alpha value is -2.01. The second kappa shape index (κ2) is 7.13. The fourth-order valence-electron chi connectivity index (χ4n) is 2.05. The molecule has 0 unspecified atom stereocenters. The number of rotatable bonds is 5. The average Bonchev–Trinajstić information content (AvgIpc) is 2.48. The fraction of sp³-hybridized carbons (Fsp3) is 0.250. The Labute approximate surface area is 129 Å². The number of para-hydroxylation sites is 1. The molecule has 0 fully saturated rings. The second-order valence-corrected chi connectivity index (χ2v) is 5.73. The molecule has 21 heavy (non-hydrogen) atoms. The molecule has 3 N–H and O–H groups in total. The maximum absolute atomic E-state index is 12.1. The van der Waals surface area contributed by atoms with E-state index in [1.54, 1.807) is 12.4 Å². The van der Waals surface area contributed by atoms with Gasteiger partial charge in [-0.25, -0.2) is 0 Å². The highest BCUT2D eigenvalue weighted by atomic mass is 32.2. The number of nitrogen functional groups attached to an aromatic ring is 1. The minimum absolute atomic E-state index is 0.0276. The van der Waals surface area contributed by atoms with Crippen molar-refractivity contribution in [2.75, 3.05) is 16.8 Å². The smallest absolute Gasteiger partial charge is 0.234 e. The number of carbonyl (C=O) groups is 1. The summed E-state index contributed by atoms with van der Waals surface area (Å²) < 4.78 is 0. The van der Waals surface area contributed by atoms with E-state index in [0.717, 1.165) is 28.1 Å². The lowest BCUT2D eigenvalue weighted by Gasteiger charge is -2.13. The lowest BCUT2D eigenvalue weighted by molar-refractivity contribution is -0.113. The zero-order chi connectivity index (χ0) is 15.2. The Kier molecular flexibility index (Phi) is 5.22. The van der Waals surface area contributed by atoms with Gasteiger partial charge in [0.15, 0.2) is 0 Å². The molecule has 1 heterocycles. The molecule has 0 saturated carbocycles. The van der Waals surface area contributed by atoms with Gasteiger partial charge in [-0.2, -0.15) is 0 Å². The van der Waals surface area contributed by atoms with Crippen LogP contribution >= 0.6 is 11.8 Å². The molecule has 1 aromatic carbocycles. The van der Waals surface area contributed by atoms with Crippen molar-refractivity contribution in [2.45, 2.75) is 25.2 Å². The number of anilines is 2. The van der Waals surface area contributed by atoms with Gasteiger partial charge in [0.1, 0.15) is 0 Å². The first-order valence-corrected chi connectivity index (χ1v) is 7.81. The summed E-state index contributed by atoms with van der Waals surface area (Å²) in [6.45, 7) is 4.08. The van der Waals surface area contributed by atoms with Crippen LogP contribution in [0.4, 0.5) is 11.4 Å². The number of benzene rings is 1. The Morgan fingerprint density at radius 3 is 2.90 bits per heavy atom. The van der Waals surface area contributed by atoms with Crippen molar-refractivity contribution in [1.29, 1.82) is 0 Å². The number of aryl methyl sites for hydroxylation is 2. The topological polar surface area (TPSA) is 68.0 Å². The van der Waals surface area contributed by atoms with Gasteiger partial charge in [-0.1, -0.05) is 25.1 Å². The van der Waals surface area contributed by atoms with Gasteiger partial charge < -0.3 is 11.1 Å². The van der Waals surface area contributed by atoms with E-state index in [4.69, 9.17) is 5.73 Å². The molecule has 5 heteroatoms. The van der Waals surface area contributed by atoms with Crippen LogP contribution in [-0.4, -0.2) is 16.6 Å². The van der Waals surface area contributed by atoms with Gasteiger partial charge in [-0.15, -0.1) is 11.8 Å². The van der Waals surface area contributed by atoms with E-state index >= 15 is 0 Å². The lowest BCUT2D eigenvalue weighted by atomic mass is 10.1. The number of hydrogen-bond acceptors (Lipinski definition) is 4. The minimum atomic E-state index is -0.0276. The molecule has 2 aromatic rings. The van der Waals surface area contributed by atoms with Crippen molar-refractivity contribution in [1.82, 2.24) is 4.98 Å². The van der Waals surface area contributed by atoms with Crippen LogP contribution in [-0.2, 0) is 11.2 Å². The van der Waals surface area contributed by atoms with Crippen molar-refractivity contribution in [2.24, 2.45) is 0 Å². The quantitative estimate of drug-likeness (QED) is 0.832. The van der Waals surface area contributed by atoms with Crippen LogP contribution in [0.3, 0.4) is 0 Å². The van der Waals surface area contributed by atoms with Crippen LogP contribution in [0.5, 0.6) is 0 Å². The highest BCUT2D eigenvalue weighted by Gasteiger charge is 2.10. The number of thioether (sulfide) groups is 1. The number of aromatic nitrogens is 1. The first-order valence-electron chi connectivity index (χ1n) is 6.82. The largest absolute Gasteiger partial charge is 0.397 e. The highest BCUT2D eigenvalue weighted by Crippen LogP contribution is 2.25. The number of carbonyl (C=O) groups excluding carboxylic acids is 1. The van der Waals surface area contributed by atoms with Gasteiger partial charge in [0.2, 0.25) is 5.91 Å². The molecule has 0 aliphatic carbocycles. The van der Waals surface area contributed by atoms with Crippen molar-refractivity contribution >= 4 is 29.0 Å². The molecule has 0 atom stereocenters. The molecule has 1 amide bonds. The zero-order valence-corrected chi connectivity index (χ0v) is 13.0. The number of amides is 1. The Balaban J connectivity index is 2.01. The number of nitrogens with zero attached hydrogens (tertiary/aromatic N) is 1. The molecule has 4 nitrogen and oxygen atoms in total. The molecule has 0 saturated heterocycles. The maximum Gasteiger partial charge on any atom is 0.234 e. The maximum atomic E-state index is 12.1. The first kappa shape index (κ1) is 15.4. The van der Waals surface area contributed by atoms with Crippen molar-refractivity contribution in [3.8, 4) is 0 Å². The Morgan fingerprint density at radius 2 is 2.19 bits per heavy atom. The summed E-state index contributed by atoms with van der Waals surface area (Å²) in [6, 6.07) is 7.87. The Morgan fingerprint density at radius 1 is 1.38 bits per heavy atom. The molecule has 1 aromatic heterocycles. The highest BCUT2D eigenvalue weighted by molar-refractivity contribution is 8.00. The molecular formula is C16H19N3OS. The molecule has 0 bridgehead atoms. The van der Waals surface area contributed by atoms with Crippen molar-refractivity contribution in [3.05, 3.63) is 47.8 Å². The van der Waals surface area contributed by atoms with Gasteiger partial charge in [-0.3, -0.25) is 9.78 Å². The summed E-state index contributed by atoms with van der Waals surface area (Å²) in [5.41, 5.74) is 9.57. The van der Waals surface area contributed by atoms with Crippen molar-refractivity contribution < 1.29 is 4.79 Å². The van der Waals surface area contributed by atoms with Crippen LogP contribution in [0.1, 0.15) is 18.1 Å². The third-order valence-corrected chi connectivity index (χ3v) is 4.26. The molecule has 0 spiro atoms. The second-order valence-electron chi connectivity index (χ2n) is 4.71. The zero-order valence-electron chi connectivity index (χ0n) is 12.2. The standard InChI is InChI=1S/C16H19N3OS/c1-3-12-6-4-5-11(2)16(12)19-15(20)10-21-14-7-8-18-9-13(14)17/h4-9H,3,10,17H2,1-2H3,(H,19,20). The van der Waals surface area contributed by atoms with E-state index in [1.165, 1.54) is 11.8 Å². The molecular weight excluding hydrogens is 282 g/mol. The van der Waals surface area contributed by atoms with E-state index in [0.29, 0.717) is 11.4 Å². The van der Waals surface area contributed by atoms with Crippen LogP contribution < -0.4 is 11.1 Å². The number of nitrogens with one attached hydrogen (secondary N) is 1. The van der Waals surface area contributed by atoms with Gasteiger partial charge in [-0.05, 0) is 30.5 Å². The molecule has 110 valence electrons. The fourth-order valence-corrected chi connectivity index (χ4v) is 2.78. The number of pyridine rings is 1. The molecule has 0 radical (unpaired) electrons. The predicted octanol–water partition coefficient (Wildman–Crippen LogP) is 3.27. The third kappa shape index (κ3) is 3.98. The molecule has 2 rings (SSSR count). The van der Waals surface area contributed by atoms with Crippen LogP contribution in [0.2, 0.25) is 0 Å². The monoisotopic (exact) mass is 301 g/mol. The van der Waals surface area contributed by atoms with E-state index in [1.807, 2.05) is 31.2 Å². The summed E-state index contributed by atoms with van der Waals surface area (Å²) in [6.07, 6.45) is 4.16. The number of nitrogens with two attached hydrogens (primary N) is 1. The van der Waals surface area contributed by atoms with Crippen LogP contribution in [0.15, 0.2) is 41.6 Å².